The predicted molar refractivity (Wildman–Crippen MR) is 106 cm³/mol. The summed E-state index contributed by atoms with van der Waals surface area (Å²) in [5.74, 6) is -0.341. The molecular formula is C22H18N2O3. The third-order valence-corrected chi connectivity index (χ3v) is 4.66. The van der Waals surface area contributed by atoms with Gasteiger partial charge in [0.25, 0.3) is 0 Å². The first-order valence-corrected chi connectivity index (χ1v) is 8.51. The van der Waals surface area contributed by atoms with Crippen LogP contribution in [0.15, 0.2) is 64.0 Å². The molecule has 0 aromatic heterocycles. The Morgan fingerprint density at radius 1 is 1.04 bits per heavy atom. The minimum Gasteiger partial charge on any atom is -0.478 e. The highest BCUT2D eigenvalue weighted by molar-refractivity contribution is 6.07. The van der Waals surface area contributed by atoms with E-state index in [4.69, 9.17) is 10.2 Å². The quantitative estimate of drug-likeness (QED) is 0.412. The number of carboxylic acid groups (broad SMARTS) is 1. The second kappa shape index (κ2) is 6.29. The van der Waals surface area contributed by atoms with Crippen LogP contribution in [0.3, 0.4) is 0 Å². The highest BCUT2D eigenvalue weighted by Crippen LogP contribution is 2.41. The standard InChI is InChI=1S/C22H18N2O3/c1-12-3-6-15(22(25)26)18(9-12)21-16-7-4-13(23)10-19(16)27-20-11-14(24-2)5-8-17(20)21/h3-11H,23H2,1-2H3,(H,25,26)/b24-14-. The van der Waals surface area contributed by atoms with Crippen LogP contribution in [0.2, 0.25) is 0 Å². The molecular weight excluding hydrogens is 340 g/mol. The molecule has 3 N–H and O–H groups in total. The lowest BCUT2D eigenvalue weighted by Gasteiger charge is -2.17. The Bertz CT molecular complexity index is 1240. The van der Waals surface area contributed by atoms with Crippen molar-refractivity contribution in [3.05, 3.63) is 71.1 Å². The second-order valence-electron chi connectivity index (χ2n) is 6.49. The SMILES string of the molecule is C/N=c1/ccc2c(-c3cc(C)ccc3C(=O)O)c3ccc(N)cc3oc-2c1. The van der Waals surface area contributed by atoms with Crippen molar-refractivity contribution in [2.45, 2.75) is 6.92 Å². The van der Waals surface area contributed by atoms with Crippen LogP contribution in [0.4, 0.5) is 5.69 Å². The summed E-state index contributed by atoms with van der Waals surface area (Å²) in [6.45, 7) is 1.94. The number of aryl methyl sites for hydroxylation is 1. The van der Waals surface area contributed by atoms with E-state index < -0.39 is 5.97 Å². The lowest BCUT2D eigenvalue weighted by Crippen LogP contribution is -2.04. The summed E-state index contributed by atoms with van der Waals surface area (Å²) in [6.07, 6.45) is 0. The molecule has 2 aliphatic rings. The summed E-state index contributed by atoms with van der Waals surface area (Å²) < 4.78 is 6.07. The molecule has 0 saturated heterocycles. The van der Waals surface area contributed by atoms with E-state index in [0.717, 1.165) is 27.4 Å². The molecule has 0 atom stereocenters. The topological polar surface area (TPSA) is 88.8 Å². The van der Waals surface area contributed by atoms with E-state index in [1.165, 1.54) is 0 Å². The van der Waals surface area contributed by atoms with Crippen molar-refractivity contribution in [1.82, 2.24) is 0 Å². The zero-order chi connectivity index (χ0) is 19.1. The average Bonchev–Trinajstić information content (AvgIpc) is 2.65. The number of rotatable bonds is 2. The number of carbonyl (C=O) groups is 1. The van der Waals surface area contributed by atoms with Crippen LogP contribution in [-0.2, 0) is 0 Å². The zero-order valence-electron chi connectivity index (χ0n) is 15.0. The van der Waals surface area contributed by atoms with Crippen LogP contribution in [0.1, 0.15) is 15.9 Å². The number of carboxylic acids is 1. The molecule has 134 valence electrons. The fourth-order valence-electron chi connectivity index (χ4n) is 3.38. The Hall–Kier alpha value is -3.60. The smallest absolute Gasteiger partial charge is 0.336 e. The first kappa shape index (κ1) is 16.8. The van der Waals surface area contributed by atoms with E-state index >= 15 is 0 Å². The molecule has 1 heterocycles. The van der Waals surface area contributed by atoms with E-state index in [1.54, 1.807) is 31.3 Å². The maximum absolute atomic E-state index is 11.9. The van der Waals surface area contributed by atoms with E-state index in [0.29, 0.717) is 22.6 Å². The van der Waals surface area contributed by atoms with Crippen LogP contribution in [0.25, 0.3) is 33.4 Å². The lowest BCUT2D eigenvalue weighted by molar-refractivity contribution is 0.0697. The van der Waals surface area contributed by atoms with Crippen molar-refractivity contribution in [3.63, 3.8) is 0 Å². The first-order chi connectivity index (χ1) is 13.0. The largest absolute Gasteiger partial charge is 0.478 e. The zero-order valence-corrected chi connectivity index (χ0v) is 15.0. The molecule has 0 amide bonds. The van der Waals surface area contributed by atoms with Gasteiger partial charge in [0.15, 0.2) is 0 Å². The van der Waals surface area contributed by atoms with Gasteiger partial charge in [-0.1, -0.05) is 17.7 Å². The molecule has 4 rings (SSSR count). The average molecular weight is 358 g/mol. The van der Waals surface area contributed by atoms with E-state index in [2.05, 4.69) is 4.99 Å². The van der Waals surface area contributed by atoms with Crippen LogP contribution < -0.4 is 11.1 Å². The van der Waals surface area contributed by atoms with Gasteiger partial charge in [-0.3, -0.25) is 4.99 Å². The number of nitrogens with zero attached hydrogens (tertiary/aromatic N) is 1. The van der Waals surface area contributed by atoms with Crippen molar-refractivity contribution >= 4 is 22.6 Å². The molecule has 27 heavy (non-hydrogen) atoms. The molecule has 0 radical (unpaired) electrons. The van der Waals surface area contributed by atoms with Crippen molar-refractivity contribution < 1.29 is 14.3 Å². The Balaban J connectivity index is 2.22. The van der Waals surface area contributed by atoms with Crippen molar-refractivity contribution in [1.29, 1.82) is 0 Å². The Morgan fingerprint density at radius 3 is 2.59 bits per heavy atom. The molecule has 2 aromatic carbocycles. The minimum absolute atomic E-state index is 0.246. The van der Waals surface area contributed by atoms with Gasteiger partial charge in [0.05, 0.1) is 10.9 Å². The first-order valence-electron chi connectivity index (χ1n) is 8.51. The van der Waals surface area contributed by atoms with Gasteiger partial charge < -0.3 is 15.3 Å². The molecule has 1 aliphatic carbocycles. The Kier molecular flexibility index (Phi) is 3.92. The number of fused-ring (bicyclic) bond motifs is 2. The molecule has 5 heteroatoms. The van der Waals surface area contributed by atoms with Crippen LogP contribution in [0, 0.1) is 6.92 Å². The van der Waals surface area contributed by atoms with E-state index in [9.17, 15) is 9.90 Å². The second-order valence-corrected chi connectivity index (χ2v) is 6.49. The molecule has 0 fully saturated rings. The van der Waals surface area contributed by atoms with E-state index in [-0.39, 0.29) is 5.56 Å². The molecule has 0 unspecified atom stereocenters. The molecule has 1 aliphatic heterocycles. The summed E-state index contributed by atoms with van der Waals surface area (Å²) in [7, 11) is 1.71. The van der Waals surface area contributed by atoms with Crippen LogP contribution in [-0.4, -0.2) is 18.1 Å². The number of nitrogens with two attached hydrogens (primary N) is 1. The fourth-order valence-corrected chi connectivity index (χ4v) is 3.38. The van der Waals surface area contributed by atoms with Gasteiger partial charge in [0.1, 0.15) is 11.3 Å². The van der Waals surface area contributed by atoms with Gasteiger partial charge >= 0.3 is 5.97 Å². The molecule has 5 nitrogen and oxygen atoms in total. The fraction of sp³-hybridized carbons (Fsp3) is 0.0909. The summed E-state index contributed by atoms with van der Waals surface area (Å²) in [5.41, 5.74) is 10.6. The molecule has 2 aromatic rings. The summed E-state index contributed by atoms with van der Waals surface area (Å²) >= 11 is 0. The molecule has 0 saturated carbocycles. The van der Waals surface area contributed by atoms with E-state index in [1.807, 2.05) is 37.3 Å². The number of aromatic carboxylic acids is 1. The van der Waals surface area contributed by atoms with Gasteiger partial charge in [-0.2, -0.15) is 0 Å². The number of hydrogen-bond acceptors (Lipinski definition) is 4. The summed E-state index contributed by atoms with van der Waals surface area (Å²) in [5, 5.41) is 11.3. The molecule has 0 bridgehead atoms. The number of nitrogen functional groups attached to an aromatic ring is 1. The van der Waals surface area contributed by atoms with Crippen LogP contribution >= 0.6 is 0 Å². The minimum atomic E-state index is -0.970. The number of hydrogen-bond donors (Lipinski definition) is 2. The molecule has 0 spiro atoms. The van der Waals surface area contributed by atoms with Crippen LogP contribution in [0.5, 0.6) is 0 Å². The highest BCUT2D eigenvalue weighted by atomic mass is 16.4. The van der Waals surface area contributed by atoms with Crippen molar-refractivity contribution in [2.75, 3.05) is 12.8 Å². The van der Waals surface area contributed by atoms with Crippen molar-refractivity contribution in [3.8, 4) is 22.5 Å². The highest BCUT2D eigenvalue weighted by Gasteiger charge is 2.21. The lowest BCUT2D eigenvalue weighted by atomic mass is 9.90. The number of benzene rings is 3. The predicted octanol–water partition coefficient (Wildman–Crippen LogP) is 4.32. The van der Waals surface area contributed by atoms with Crippen molar-refractivity contribution in [2.24, 2.45) is 4.99 Å². The summed E-state index contributed by atoms with van der Waals surface area (Å²) in [6, 6.07) is 16.4. The Morgan fingerprint density at radius 2 is 1.85 bits per heavy atom. The maximum atomic E-state index is 11.9. The van der Waals surface area contributed by atoms with Gasteiger partial charge in [-0.15, -0.1) is 0 Å². The normalized spacial score (nSPS) is 12.0. The summed E-state index contributed by atoms with van der Waals surface area (Å²) in [4.78, 5) is 16.1. The van der Waals surface area contributed by atoms with Gasteiger partial charge in [-0.05, 0) is 42.8 Å². The Labute approximate surface area is 155 Å². The maximum Gasteiger partial charge on any atom is 0.336 e. The third-order valence-electron chi connectivity index (χ3n) is 4.66. The monoisotopic (exact) mass is 358 g/mol. The number of anilines is 1. The third kappa shape index (κ3) is 2.83. The van der Waals surface area contributed by atoms with Gasteiger partial charge in [0, 0.05) is 41.4 Å². The van der Waals surface area contributed by atoms with Gasteiger partial charge in [-0.25, -0.2) is 4.79 Å². The van der Waals surface area contributed by atoms with Gasteiger partial charge in [0.2, 0.25) is 0 Å².